The third-order valence-electron chi connectivity index (χ3n) is 5.51. The molecule has 3 aromatic carbocycles. The molecule has 0 aliphatic rings. The molecule has 4 aromatic rings. The number of rotatable bonds is 8. The summed E-state index contributed by atoms with van der Waals surface area (Å²) in [7, 11) is 0. The Hall–Kier alpha value is -4.04. The average molecular weight is 444 g/mol. The highest BCUT2D eigenvalue weighted by Gasteiger charge is 2.19. The number of aromatic nitrogens is 3. The molecule has 2 amide bonds. The summed E-state index contributed by atoms with van der Waals surface area (Å²) in [6.07, 6.45) is 2.27. The number of benzene rings is 3. The van der Waals surface area contributed by atoms with Gasteiger partial charge < -0.3 is 5.32 Å². The molecule has 0 saturated carbocycles. The highest BCUT2D eigenvalue weighted by atomic mass is 16.5. The van der Waals surface area contributed by atoms with Crippen LogP contribution in [0.3, 0.4) is 0 Å². The average Bonchev–Trinajstić information content (AvgIpc) is 3.31. The minimum absolute atomic E-state index is 0.0296. The number of hydrogen-bond acceptors (Lipinski definition) is 5. The van der Waals surface area contributed by atoms with Gasteiger partial charge in [-0.2, -0.15) is 0 Å². The van der Waals surface area contributed by atoms with E-state index in [-0.39, 0.29) is 24.9 Å². The van der Waals surface area contributed by atoms with Crippen molar-refractivity contribution < 1.29 is 14.8 Å². The molecule has 33 heavy (non-hydrogen) atoms. The van der Waals surface area contributed by atoms with E-state index in [0.29, 0.717) is 17.7 Å². The zero-order chi connectivity index (χ0) is 23.2. The molecule has 8 nitrogen and oxygen atoms in total. The molecule has 0 spiro atoms. The lowest BCUT2D eigenvalue weighted by Gasteiger charge is -2.16. The van der Waals surface area contributed by atoms with Gasteiger partial charge in [-0.05, 0) is 41.8 Å². The van der Waals surface area contributed by atoms with Gasteiger partial charge in [-0.25, -0.2) is 10.2 Å². The van der Waals surface area contributed by atoms with E-state index in [0.717, 1.165) is 21.9 Å². The smallest absolute Gasteiger partial charge is 0.251 e. The maximum Gasteiger partial charge on any atom is 0.251 e. The number of aryl methyl sites for hydroxylation is 1. The fourth-order valence-electron chi connectivity index (χ4n) is 3.71. The summed E-state index contributed by atoms with van der Waals surface area (Å²) in [5, 5.41) is 22.4. The van der Waals surface area contributed by atoms with Crippen molar-refractivity contribution in [2.75, 3.05) is 0 Å². The number of hydroxylamine groups is 1. The molecule has 0 bridgehead atoms. The predicted octanol–water partition coefficient (Wildman–Crippen LogP) is 3.35. The first-order valence-corrected chi connectivity index (χ1v) is 10.7. The van der Waals surface area contributed by atoms with Gasteiger partial charge in [0.25, 0.3) is 5.91 Å². The molecular formula is C25H25N5O3. The lowest BCUT2D eigenvalue weighted by molar-refractivity contribution is -0.130. The maximum atomic E-state index is 12.4. The molecule has 4 rings (SSSR count). The fourth-order valence-corrected chi connectivity index (χ4v) is 3.71. The molecule has 1 aromatic heterocycles. The van der Waals surface area contributed by atoms with Crippen LogP contribution in [0.1, 0.15) is 39.6 Å². The van der Waals surface area contributed by atoms with Crippen molar-refractivity contribution in [1.29, 1.82) is 0 Å². The Morgan fingerprint density at radius 2 is 1.79 bits per heavy atom. The first kappa shape index (κ1) is 22.2. The molecule has 0 radical (unpaired) electrons. The van der Waals surface area contributed by atoms with Crippen LogP contribution in [0, 0.1) is 6.92 Å². The Kier molecular flexibility index (Phi) is 6.75. The van der Waals surface area contributed by atoms with Crippen molar-refractivity contribution in [2.24, 2.45) is 0 Å². The number of nitrogens with zero attached hydrogens (tertiary/aromatic N) is 3. The summed E-state index contributed by atoms with van der Waals surface area (Å²) in [6, 6.07) is 21.2. The van der Waals surface area contributed by atoms with E-state index < -0.39 is 5.91 Å². The number of nitrogens with one attached hydrogen (secondary N) is 2. The maximum absolute atomic E-state index is 12.4. The summed E-state index contributed by atoms with van der Waals surface area (Å²) < 4.78 is 1.61. The molecule has 0 aliphatic carbocycles. The summed E-state index contributed by atoms with van der Waals surface area (Å²) in [6.45, 7) is 2.17. The second kappa shape index (κ2) is 10.1. The molecule has 1 atom stereocenters. The zero-order valence-electron chi connectivity index (χ0n) is 18.2. The van der Waals surface area contributed by atoms with E-state index in [1.54, 1.807) is 28.5 Å². The minimum Gasteiger partial charge on any atom is -0.346 e. The minimum atomic E-state index is -0.509. The van der Waals surface area contributed by atoms with Crippen molar-refractivity contribution in [3.05, 3.63) is 95.3 Å². The summed E-state index contributed by atoms with van der Waals surface area (Å²) in [5.74, 6) is -0.706. The number of hydrogen-bond donors (Lipinski definition) is 3. The van der Waals surface area contributed by atoms with Gasteiger partial charge in [0, 0.05) is 5.56 Å². The van der Waals surface area contributed by atoms with Gasteiger partial charge in [-0.1, -0.05) is 65.4 Å². The first-order valence-electron chi connectivity index (χ1n) is 10.7. The molecular weight excluding hydrogens is 418 g/mol. The Bertz CT molecular complexity index is 1270. The number of carbonyl (C=O) groups is 2. The van der Waals surface area contributed by atoms with E-state index in [1.165, 1.54) is 0 Å². The largest absolute Gasteiger partial charge is 0.346 e. The Morgan fingerprint density at radius 1 is 1.03 bits per heavy atom. The van der Waals surface area contributed by atoms with Gasteiger partial charge >= 0.3 is 0 Å². The van der Waals surface area contributed by atoms with Crippen LogP contribution in [0.15, 0.2) is 72.9 Å². The van der Waals surface area contributed by atoms with E-state index in [2.05, 4.69) is 21.7 Å². The van der Waals surface area contributed by atoms with Gasteiger partial charge in [-0.3, -0.25) is 14.8 Å². The summed E-state index contributed by atoms with van der Waals surface area (Å²) >= 11 is 0. The Balaban J connectivity index is 1.47. The van der Waals surface area contributed by atoms with Gasteiger partial charge in [-0.15, -0.1) is 5.10 Å². The molecule has 0 saturated heterocycles. The van der Waals surface area contributed by atoms with E-state index in [9.17, 15) is 9.59 Å². The van der Waals surface area contributed by atoms with E-state index >= 15 is 0 Å². The van der Waals surface area contributed by atoms with E-state index in [4.69, 9.17) is 5.21 Å². The van der Waals surface area contributed by atoms with Crippen LogP contribution in [-0.4, -0.2) is 32.0 Å². The topological polar surface area (TPSA) is 109 Å². The number of amides is 2. The van der Waals surface area contributed by atoms with Gasteiger partial charge in [0.05, 0.1) is 25.2 Å². The van der Waals surface area contributed by atoms with Crippen LogP contribution in [-0.2, 0) is 17.8 Å². The van der Waals surface area contributed by atoms with Crippen LogP contribution in [0.4, 0.5) is 0 Å². The molecule has 0 aliphatic heterocycles. The van der Waals surface area contributed by atoms with Crippen LogP contribution in [0.5, 0.6) is 0 Å². The number of carbonyl (C=O) groups excluding carboxylic acids is 2. The third kappa shape index (κ3) is 5.61. The molecule has 3 N–H and O–H groups in total. The van der Waals surface area contributed by atoms with Crippen LogP contribution in [0.25, 0.3) is 10.8 Å². The first-order chi connectivity index (χ1) is 16.0. The van der Waals surface area contributed by atoms with Gasteiger partial charge in [0.2, 0.25) is 5.91 Å². The monoisotopic (exact) mass is 443 g/mol. The normalized spacial score (nSPS) is 11.8. The molecule has 0 unspecified atom stereocenters. The van der Waals surface area contributed by atoms with E-state index in [1.807, 2.05) is 55.5 Å². The van der Waals surface area contributed by atoms with Gasteiger partial charge in [0.15, 0.2) is 0 Å². The van der Waals surface area contributed by atoms with Crippen LogP contribution < -0.4 is 10.8 Å². The zero-order valence-corrected chi connectivity index (χ0v) is 18.2. The lowest BCUT2D eigenvalue weighted by Crippen LogP contribution is -2.25. The van der Waals surface area contributed by atoms with Crippen molar-refractivity contribution in [3.8, 4) is 0 Å². The van der Waals surface area contributed by atoms with Crippen molar-refractivity contribution in [2.45, 2.75) is 32.4 Å². The SMILES string of the molecule is Cc1ccc(C(=O)NCc2cn([C@@H](CC(=O)NO)Cc3ccc4ccccc4c3)nn2)cc1. The summed E-state index contributed by atoms with van der Waals surface area (Å²) in [5.41, 5.74) is 4.95. The standard InChI is InChI=1S/C25H25N5O3/c1-17-6-9-20(10-7-17)25(32)26-15-22-16-30(29-27-22)23(14-24(31)28-33)13-18-8-11-19-4-2-3-5-21(19)12-18/h2-12,16,23,33H,13-15H2,1H3,(H,26,32)(H,28,31)/t23-/m1/s1. The predicted molar refractivity (Wildman–Crippen MR) is 124 cm³/mol. The highest BCUT2D eigenvalue weighted by molar-refractivity contribution is 5.94. The lowest BCUT2D eigenvalue weighted by atomic mass is 10.00. The highest BCUT2D eigenvalue weighted by Crippen LogP contribution is 2.22. The van der Waals surface area contributed by atoms with Crippen molar-refractivity contribution in [1.82, 2.24) is 25.8 Å². The van der Waals surface area contributed by atoms with Crippen LogP contribution in [0.2, 0.25) is 0 Å². The van der Waals surface area contributed by atoms with Crippen LogP contribution >= 0.6 is 0 Å². The Labute approximate surface area is 191 Å². The summed E-state index contributed by atoms with van der Waals surface area (Å²) in [4.78, 5) is 24.3. The fraction of sp³-hybridized carbons (Fsp3) is 0.200. The van der Waals surface area contributed by atoms with Gasteiger partial charge in [0.1, 0.15) is 5.69 Å². The quantitative estimate of drug-likeness (QED) is 0.286. The van der Waals surface area contributed by atoms with Crippen molar-refractivity contribution >= 4 is 22.6 Å². The molecule has 8 heteroatoms. The second-order valence-electron chi connectivity index (χ2n) is 8.02. The molecule has 1 heterocycles. The molecule has 0 fully saturated rings. The third-order valence-corrected chi connectivity index (χ3v) is 5.51. The Morgan fingerprint density at radius 3 is 2.55 bits per heavy atom. The number of fused-ring (bicyclic) bond motifs is 1. The molecule has 168 valence electrons. The second-order valence-corrected chi connectivity index (χ2v) is 8.02. The van der Waals surface area contributed by atoms with Crippen molar-refractivity contribution in [3.63, 3.8) is 0 Å².